The van der Waals surface area contributed by atoms with Crippen LogP contribution in [0.5, 0.6) is 0 Å². The van der Waals surface area contributed by atoms with Crippen molar-refractivity contribution in [3.63, 3.8) is 0 Å². The zero-order valence-corrected chi connectivity index (χ0v) is 10.2. The second-order valence-electron chi connectivity index (χ2n) is 3.24. The average molecular weight is 304 g/mol. The van der Waals surface area contributed by atoms with Crippen LogP contribution < -0.4 is 5.73 Å². The molecule has 2 aromatic rings. The Morgan fingerprint density at radius 2 is 2.12 bits per heavy atom. The summed E-state index contributed by atoms with van der Waals surface area (Å²) in [7, 11) is 0. The van der Waals surface area contributed by atoms with Crippen LogP contribution in [0.2, 0.25) is 0 Å². The van der Waals surface area contributed by atoms with E-state index >= 15 is 0 Å². The Kier molecular flexibility index (Phi) is 3.43. The molecule has 90 valence electrons. The summed E-state index contributed by atoms with van der Waals surface area (Å²) in [6.07, 6.45) is 0. The van der Waals surface area contributed by atoms with E-state index < -0.39 is 11.6 Å². The molecule has 0 amide bonds. The third-order valence-corrected chi connectivity index (χ3v) is 2.92. The van der Waals surface area contributed by atoms with Crippen LogP contribution in [0.25, 0.3) is 11.4 Å². The van der Waals surface area contributed by atoms with Gasteiger partial charge in [0.2, 0.25) is 0 Å². The quantitative estimate of drug-likeness (QED) is 0.869. The molecule has 8 heteroatoms. The highest BCUT2D eigenvalue weighted by Crippen LogP contribution is 2.29. The third kappa shape index (κ3) is 2.18. The van der Waals surface area contributed by atoms with E-state index in [4.69, 9.17) is 5.73 Å². The molecular formula is C9H8BrF2N5. The zero-order valence-electron chi connectivity index (χ0n) is 8.57. The van der Waals surface area contributed by atoms with Crippen molar-refractivity contribution in [3.05, 3.63) is 28.2 Å². The minimum atomic E-state index is -0.968. The Balaban J connectivity index is 2.53. The summed E-state index contributed by atoms with van der Waals surface area (Å²) in [5.41, 5.74) is 5.77. The summed E-state index contributed by atoms with van der Waals surface area (Å²) < 4.78 is 27.8. The number of halogens is 3. The van der Waals surface area contributed by atoms with Crippen molar-refractivity contribution in [1.29, 1.82) is 0 Å². The summed E-state index contributed by atoms with van der Waals surface area (Å²) in [4.78, 5) is 0. The minimum absolute atomic E-state index is 0.00873. The molecule has 2 rings (SSSR count). The molecule has 0 unspecified atom stereocenters. The van der Waals surface area contributed by atoms with Gasteiger partial charge in [-0.05, 0) is 38.5 Å². The molecule has 1 aromatic carbocycles. The summed E-state index contributed by atoms with van der Waals surface area (Å²) >= 11 is 2.98. The zero-order chi connectivity index (χ0) is 12.4. The summed E-state index contributed by atoms with van der Waals surface area (Å²) in [6, 6.07) is 2.43. The van der Waals surface area contributed by atoms with Crippen molar-refractivity contribution in [2.45, 2.75) is 6.54 Å². The monoisotopic (exact) mass is 303 g/mol. The molecule has 0 bridgehead atoms. The molecule has 2 N–H and O–H groups in total. The lowest BCUT2D eigenvalue weighted by Crippen LogP contribution is -2.12. The standard InChI is InChI=1S/C9H8BrF2N5/c10-7-5(1-2-6(11)8(7)12)9-14-15-16-17(9)4-3-13/h1-2H,3-4,13H2. The van der Waals surface area contributed by atoms with Crippen LogP contribution in [0, 0.1) is 11.6 Å². The highest BCUT2D eigenvalue weighted by Gasteiger charge is 2.17. The van der Waals surface area contributed by atoms with Crippen molar-refractivity contribution in [2.24, 2.45) is 5.73 Å². The fraction of sp³-hybridized carbons (Fsp3) is 0.222. The molecule has 0 saturated carbocycles. The molecule has 0 saturated heterocycles. The van der Waals surface area contributed by atoms with E-state index in [0.717, 1.165) is 6.07 Å². The van der Waals surface area contributed by atoms with Gasteiger partial charge in [-0.15, -0.1) is 5.10 Å². The smallest absolute Gasteiger partial charge is 0.183 e. The predicted molar refractivity (Wildman–Crippen MR) is 59.9 cm³/mol. The summed E-state index contributed by atoms with van der Waals surface area (Å²) in [5.74, 6) is -1.57. The maximum Gasteiger partial charge on any atom is 0.183 e. The van der Waals surface area contributed by atoms with Crippen molar-refractivity contribution in [2.75, 3.05) is 6.54 Å². The van der Waals surface area contributed by atoms with E-state index in [9.17, 15) is 8.78 Å². The van der Waals surface area contributed by atoms with Gasteiger partial charge in [0, 0.05) is 12.1 Å². The van der Waals surface area contributed by atoms with E-state index in [2.05, 4.69) is 31.5 Å². The van der Waals surface area contributed by atoms with Crippen LogP contribution >= 0.6 is 15.9 Å². The van der Waals surface area contributed by atoms with Crippen molar-refractivity contribution in [1.82, 2.24) is 20.2 Å². The first-order chi connectivity index (χ1) is 8.15. The van der Waals surface area contributed by atoms with E-state index in [1.807, 2.05) is 0 Å². The first kappa shape index (κ1) is 12.1. The highest BCUT2D eigenvalue weighted by molar-refractivity contribution is 9.10. The van der Waals surface area contributed by atoms with Gasteiger partial charge in [-0.25, -0.2) is 13.5 Å². The van der Waals surface area contributed by atoms with Gasteiger partial charge >= 0.3 is 0 Å². The number of rotatable bonds is 3. The Labute approximate surface area is 104 Å². The lowest BCUT2D eigenvalue weighted by molar-refractivity contribution is 0.504. The van der Waals surface area contributed by atoms with Gasteiger partial charge in [-0.3, -0.25) is 0 Å². The number of nitrogens with zero attached hydrogens (tertiary/aromatic N) is 4. The van der Waals surface area contributed by atoms with Crippen molar-refractivity contribution < 1.29 is 8.78 Å². The van der Waals surface area contributed by atoms with Crippen LogP contribution in [0.4, 0.5) is 8.78 Å². The van der Waals surface area contributed by atoms with Gasteiger partial charge < -0.3 is 5.73 Å². The van der Waals surface area contributed by atoms with Gasteiger partial charge in [-0.2, -0.15) is 0 Å². The predicted octanol–water partition coefficient (Wildman–Crippen LogP) is 1.34. The molecule has 0 aliphatic carbocycles. The highest BCUT2D eigenvalue weighted by atomic mass is 79.9. The lowest BCUT2D eigenvalue weighted by Gasteiger charge is -2.06. The molecule has 0 aliphatic rings. The van der Waals surface area contributed by atoms with Crippen molar-refractivity contribution >= 4 is 15.9 Å². The second kappa shape index (κ2) is 4.84. The number of hydrogen-bond acceptors (Lipinski definition) is 4. The van der Waals surface area contributed by atoms with Crippen LogP contribution in [0.1, 0.15) is 0 Å². The molecule has 0 aliphatic heterocycles. The topological polar surface area (TPSA) is 69.6 Å². The summed E-state index contributed by atoms with van der Waals surface area (Å²) in [6.45, 7) is 0.743. The fourth-order valence-electron chi connectivity index (χ4n) is 1.37. The molecule has 0 radical (unpaired) electrons. The largest absolute Gasteiger partial charge is 0.329 e. The maximum absolute atomic E-state index is 13.4. The Hall–Kier alpha value is -1.41. The maximum atomic E-state index is 13.4. The minimum Gasteiger partial charge on any atom is -0.329 e. The lowest BCUT2D eigenvalue weighted by atomic mass is 10.2. The molecule has 17 heavy (non-hydrogen) atoms. The molecule has 0 spiro atoms. The first-order valence-electron chi connectivity index (χ1n) is 4.75. The third-order valence-electron chi connectivity index (χ3n) is 2.15. The molecule has 5 nitrogen and oxygen atoms in total. The van der Waals surface area contributed by atoms with Gasteiger partial charge in [0.05, 0.1) is 11.0 Å². The Morgan fingerprint density at radius 1 is 1.35 bits per heavy atom. The van der Waals surface area contributed by atoms with Crippen LogP contribution in [-0.4, -0.2) is 26.8 Å². The fourth-order valence-corrected chi connectivity index (χ4v) is 1.87. The van der Waals surface area contributed by atoms with Crippen LogP contribution in [0.3, 0.4) is 0 Å². The van der Waals surface area contributed by atoms with E-state index in [1.165, 1.54) is 10.7 Å². The number of aromatic nitrogens is 4. The summed E-state index contributed by atoms with van der Waals surface area (Å²) in [5, 5.41) is 11.0. The number of tetrazole rings is 1. The SMILES string of the molecule is NCCn1nnnc1-c1ccc(F)c(F)c1Br. The Bertz CT molecular complexity index is 542. The van der Waals surface area contributed by atoms with Crippen LogP contribution in [-0.2, 0) is 6.54 Å². The van der Waals surface area contributed by atoms with E-state index in [1.54, 1.807) is 0 Å². The van der Waals surface area contributed by atoms with Crippen LogP contribution in [0.15, 0.2) is 16.6 Å². The van der Waals surface area contributed by atoms with E-state index in [0.29, 0.717) is 24.5 Å². The van der Waals surface area contributed by atoms with E-state index in [-0.39, 0.29) is 4.47 Å². The molecule has 0 fully saturated rings. The van der Waals surface area contributed by atoms with Crippen molar-refractivity contribution in [3.8, 4) is 11.4 Å². The average Bonchev–Trinajstić information content (AvgIpc) is 2.75. The molecule has 1 aromatic heterocycles. The first-order valence-corrected chi connectivity index (χ1v) is 5.54. The number of nitrogens with two attached hydrogens (primary N) is 1. The Morgan fingerprint density at radius 3 is 2.82 bits per heavy atom. The van der Waals surface area contributed by atoms with Gasteiger partial charge in [-0.1, -0.05) is 0 Å². The molecule has 0 atom stereocenters. The number of hydrogen-bond donors (Lipinski definition) is 1. The second-order valence-corrected chi connectivity index (χ2v) is 4.03. The number of benzene rings is 1. The van der Waals surface area contributed by atoms with Gasteiger partial charge in [0.15, 0.2) is 17.5 Å². The molecular weight excluding hydrogens is 296 g/mol. The van der Waals surface area contributed by atoms with Gasteiger partial charge in [0.1, 0.15) is 0 Å². The molecule has 1 heterocycles. The normalized spacial score (nSPS) is 10.8. The van der Waals surface area contributed by atoms with Gasteiger partial charge in [0.25, 0.3) is 0 Å².